The molecular weight excluding hydrogens is 469 g/mol. The van der Waals surface area contributed by atoms with E-state index in [4.69, 9.17) is 32.7 Å². The summed E-state index contributed by atoms with van der Waals surface area (Å²) >= 11 is 12.7. The zero-order chi connectivity index (χ0) is 23.9. The molecule has 0 amide bonds. The molecule has 1 fully saturated rings. The lowest BCUT2D eigenvalue weighted by atomic mass is 9.66. The zero-order valence-electron chi connectivity index (χ0n) is 17.9. The molecule has 2 aliphatic rings. The van der Waals surface area contributed by atoms with Crippen molar-refractivity contribution in [2.75, 3.05) is 13.2 Å². The van der Waals surface area contributed by atoms with Gasteiger partial charge in [0.15, 0.2) is 11.6 Å². The minimum atomic E-state index is -2.23. The molecule has 3 atom stereocenters. The lowest BCUT2D eigenvalue weighted by Gasteiger charge is -2.33. The Labute approximate surface area is 200 Å². The highest BCUT2D eigenvalue weighted by molar-refractivity contribution is 6.42. The SMILES string of the molecule is CCOC(=O)C1(C(=O)OCC)N[C@H](c2cccc(Cl)c2Cl)[C@@H]2C(=O)c3ccccc3C(=O)[C@@H]21. The average molecular weight is 490 g/mol. The summed E-state index contributed by atoms with van der Waals surface area (Å²) < 4.78 is 10.5. The smallest absolute Gasteiger partial charge is 0.338 e. The highest BCUT2D eigenvalue weighted by Crippen LogP contribution is 2.51. The number of ketones is 2. The van der Waals surface area contributed by atoms with E-state index in [2.05, 4.69) is 5.32 Å². The van der Waals surface area contributed by atoms with E-state index in [1.807, 2.05) is 0 Å². The summed E-state index contributed by atoms with van der Waals surface area (Å²) in [6, 6.07) is 10.2. The van der Waals surface area contributed by atoms with Gasteiger partial charge < -0.3 is 9.47 Å². The van der Waals surface area contributed by atoms with E-state index < -0.39 is 41.1 Å². The summed E-state index contributed by atoms with van der Waals surface area (Å²) in [6.07, 6.45) is 0. The molecule has 33 heavy (non-hydrogen) atoms. The first kappa shape index (κ1) is 23.4. The van der Waals surface area contributed by atoms with Crippen molar-refractivity contribution in [1.82, 2.24) is 5.32 Å². The second-order valence-electron chi connectivity index (χ2n) is 7.79. The van der Waals surface area contributed by atoms with E-state index in [0.29, 0.717) is 5.56 Å². The van der Waals surface area contributed by atoms with Gasteiger partial charge in [0.05, 0.1) is 35.1 Å². The molecule has 1 aliphatic heterocycles. The topological polar surface area (TPSA) is 98.8 Å². The number of rotatable bonds is 5. The van der Waals surface area contributed by atoms with Crippen LogP contribution in [0.1, 0.15) is 46.2 Å². The van der Waals surface area contributed by atoms with Crippen LogP contribution in [0.5, 0.6) is 0 Å². The fraction of sp³-hybridized carbons (Fsp3) is 0.333. The van der Waals surface area contributed by atoms with Gasteiger partial charge in [0.25, 0.3) is 0 Å². The first-order valence-corrected chi connectivity index (χ1v) is 11.3. The minimum absolute atomic E-state index is 0.0413. The summed E-state index contributed by atoms with van der Waals surface area (Å²) in [7, 11) is 0. The normalized spacial score (nSPS) is 23.0. The van der Waals surface area contributed by atoms with Gasteiger partial charge in [-0.2, -0.15) is 0 Å². The summed E-state index contributed by atoms with van der Waals surface area (Å²) in [6.45, 7) is 3.08. The molecule has 9 heteroatoms. The van der Waals surface area contributed by atoms with Crippen molar-refractivity contribution in [3.05, 3.63) is 69.2 Å². The van der Waals surface area contributed by atoms with Crippen molar-refractivity contribution in [2.24, 2.45) is 11.8 Å². The quantitative estimate of drug-likeness (QED) is 0.503. The molecule has 1 saturated heterocycles. The molecule has 0 bridgehead atoms. The van der Waals surface area contributed by atoms with Gasteiger partial charge in [-0.15, -0.1) is 0 Å². The minimum Gasteiger partial charge on any atom is -0.464 e. The number of carbonyl (C=O) groups excluding carboxylic acids is 4. The summed E-state index contributed by atoms with van der Waals surface area (Å²) in [4.78, 5) is 54.1. The van der Waals surface area contributed by atoms with Gasteiger partial charge in [-0.3, -0.25) is 14.9 Å². The van der Waals surface area contributed by atoms with Gasteiger partial charge in [-0.1, -0.05) is 59.6 Å². The maximum Gasteiger partial charge on any atom is 0.338 e. The first-order chi connectivity index (χ1) is 15.8. The molecule has 1 heterocycles. The summed E-state index contributed by atoms with van der Waals surface area (Å²) in [5.74, 6) is -5.39. The lowest BCUT2D eigenvalue weighted by molar-refractivity contribution is -0.167. The molecule has 0 spiro atoms. The Balaban J connectivity index is 2.00. The van der Waals surface area contributed by atoms with E-state index >= 15 is 0 Å². The summed E-state index contributed by atoms with van der Waals surface area (Å²) in [5.41, 5.74) is -1.48. The molecule has 2 aromatic carbocycles. The highest BCUT2D eigenvalue weighted by Gasteiger charge is 2.70. The van der Waals surface area contributed by atoms with Crippen molar-refractivity contribution < 1.29 is 28.7 Å². The number of halogens is 2. The van der Waals surface area contributed by atoms with Crippen LogP contribution in [0.15, 0.2) is 42.5 Å². The molecule has 172 valence electrons. The Kier molecular flexibility index (Phi) is 6.31. The molecule has 0 aromatic heterocycles. The van der Waals surface area contributed by atoms with Crippen molar-refractivity contribution in [3.8, 4) is 0 Å². The molecule has 7 nitrogen and oxygen atoms in total. The zero-order valence-corrected chi connectivity index (χ0v) is 19.4. The van der Waals surface area contributed by atoms with E-state index in [1.54, 1.807) is 50.2 Å². The predicted octanol–water partition coefficient (Wildman–Crippen LogP) is 3.81. The number of hydrogen-bond acceptors (Lipinski definition) is 7. The van der Waals surface area contributed by atoms with Crippen LogP contribution < -0.4 is 5.32 Å². The molecule has 0 saturated carbocycles. The Bertz CT molecular complexity index is 1150. The Hall–Kier alpha value is -2.74. The van der Waals surface area contributed by atoms with E-state index in [1.165, 1.54) is 6.07 Å². The molecule has 1 N–H and O–H groups in total. The van der Waals surface area contributed by atoms with Crippen molar-refractivity contribution in [1.29, 1.82) is 0 Å². The van der Waals surface area contributed by atoms with E-state index in [-0.39, 0.29) is 40.2 Å². The van der Waals surface area contributed by atoms with Crippen LogP contribution in [0.25, 0.3) is 0 Å². The standard InChI is InChI=1S/C24H21Cl2NO6/c1-3-32-22(30)24(23(31)33-4-2)17-16(19(27-24)14-10-7-11-15(25)18(14)26)20(28)12-8-5-6-9-13(12)21(17)29/h5-11,16-17,19,27H,3-4H2,1-2H3/t16-,17-,19-/m1/s1. The molecular formula is C24H21Cl2NO6. The lowest BCUT2D eigenvalue weighted by Crippen LogP contribution is -2.62. The third-order valence-corrected chi connectivity index (χ3v) is 6.96. The number of nitrogens with one attached hydrogen (secondary N) is 1. The average Bonchev–Trinajstić information content (AvgIpc) is 3.17. The van der Waals surface area contributed by atoms with Gasteiger partial charge in [-0.25, -0.2) is 9.59 Å². The number of carbonyl (C=O) groups is 4. The molecule has 0 radical (unpaired) electrons. The fourth-order valence-corrected chi connectivity index (χ4v) is 5.21. The number of esters is 2. The first-order valence-electron chi connectivity index (χ1n) is 10.5. The largest absolute Gasteiger partial charge is 0.464 e. The Morgan fingerprint density at radius 1 is 0.909 bits per heavy atom. The van der Waals surface area contributed by atoms with Crippen LogP contribution in [0.4, 0.5) is 0 Å². The second kappa shape index (κ2) is 8.89. The number of hydrogen-bond donors (Lipinski definition) is 1. The summed E-state index contributed by atoms with van der Waals surface area (Å²) in [5, 5.41) is 3.34. The van der Waals surface area contributed by atoms with E-state index in [0.717, 1.165) is 0 Å². The monoisotopic (exact) mass is 489 g/mol. The Morgan fingerprint density at radius 2 is 1.48 bits per heavy atom. The molecule has 4 rings (SSSR count). The predicted molar refractivity (Wildman–Crippen MR) is 120 cm³/mol. The van der Waals surface area contributed by atoms with Gasteiger partial charge in [0, 0.05) is 17.2 Å². The number of fused-ring (bicyclic) bond motifs is 2. The molecule has 2 aromatic rings. The van der Waals surface area contributed by atoms with Gasteiger partial charge in [0.2, 0.25) is 5.54 Å². The van der Waals surface area contributed by atoms with E-state index in [9.17, 15) is 19.2 Å². The van der Waals surface area contributed by atoms with Crippen LogP contribution in [0, 0.1) is 11.8 Å². The van der Waals surface area contributed by atoms with Crippen molar-refractivity contribution in [2.45, 2.75) is 25.4 Å². The van der Waals surface area contributed by atoms with Crippen LogP contribution >= 0.6 is 23.2 Å². The second-order valence-corrected chi connectivity index (χ2v) is 8.58. The fourth-order valence-electron chi connectivity index (χ4n) is 4.79. The van der Waals surface area contributed by atoms with Crippen molar-refractivity contribution >= 4 is 46.7 Å². The number of Topliss-reactive ketones (excluding diaryl/α,β-unsaturated/α-hetero) is 2. The van der Waals surface area contributed by atoms with Crippen LogP contribution in [0.3, 0.4) is 0 Å². The van der Waals surface area contributed by atoms with Crippen molar-refractivity contribution in [3.63, 3.8) is 0 Å². The third-order valence-electron chi connectivity index (χ3n) is 6.12. The third kappa shape index (κ3) is 3.46. The number of benzene rings is 2. The van der Waals surface area contributed by atoms with Gasteiger partial charge >= 0.3 is 11.9 Å². The van der Waals surface area contributed by atoms with Crippen LogP contribution in [0.2, 0.25) is 10.0 Å². The van der Waals surface area contributed by atoms with Gasteiger partial charge in [-0.05, 0) is 25.5 Å². The van der Waals surface area contributed by atoms with Crippen LogP contribution in [-0.2, 0) is 19.1 Å². The number of ether oxygens (including phenoxy) is 2. The molecule has 0 unspecified atom stereocenters. The van der Waals surface area contributed by atoms with Crippen LogP contribution in [-0.4, -0.2) is 42.3 Å². The molecule has 1 aliphatic carbocycles. The Morgan fingerprint density at radius 3 is 2.06 bits per heavy atom. The van der Waals surface area contributed by atoms with Gasteiger partial charge in [0.1, 0.15) is 0 Å². The maximum atomic E-state index is 13.7. The maximum absolute atomic E-state index is 13.7. The highest BCUT2D eigenvalue weighted by atomic mass is 35.5.